The first-order chi connectivity index (χ1) is 11.7. The van der Waals surface area contributed by atoms with Crippen LogP contribution in [0, 0.1) is 11.3 Å². The molecule has 0 aromatic carbocycles. The number of carbonyl (C=O) groups excluding carboxylic acids is 2. The maximum absolute atomic E-state index is 12.3. The molecule has 6 nitrogen and oxygen atoms in total. The standard InChI is InChI=1S/C19H22O6/c1-10-7-14(24-16(10)20)23-9-13-12-8-11-5-4-6-18(2,3)19(11,22)15(12)25-17(13)21/h7-9,12,14-15,22H,4-6H2,1-3H3/b13-9+/t12-,14-,15+,19+/m1/s1. The molecule has 2 fully saturated rings. The van der Waals surface area contributed by atoms with Crippen LogP contribution in [0.4, 0.5) is 0 Å². The van der Waals surface area contributed by atoms with Gasteiger partial charge in [0.05, 0.1) is 17.8 Å². The second kappa shape index (κ2) is 5.21. The third kappa shape index (κ3) is 2.20. The van der Waals surface area contributed by atoms with Crippen LogP contribution in [0.15, 0.2) is 35.1 Å². The van der Waals surface area contributed by atoms with Crippen LogP contribution in [0.3, 0.4) is 0 Å². The number of aliphatic hydroxyl groups is 1. The molecule has 4 aliphatic rings. The Morgan fingerprint density at radius 2 is 2.00 bits per heavy atom. The van der Waals surface area contributed by atoms with E-state index < -0.39 is 29.9 Å². The molecule has 134 valence electrons. The number of rotatable bonds is 2. The Balaban J connectivity index is 1.61. The summed E-state index contributed by atoms with van der Waals surface area (Å²) in [6, 6.07) is 0. The fourth-order valence-electron chi connectivity index (χ4n) is 4.45. The van der Waals surface area contributed by atoms with E-state index in [9.17, 15) is 14.7 Å². The first-order valence-electron chi connectivity index (χ1n) is 8.63. The molecule has 0 spiro atoms. The monoisotopic (exact) mass is 346 g/mol. The number of hydrogen-bond acceptors (Lipinski definition) is 6. The molecule has 0 amide bonds. The minimum Gasteiger partial charge on any atom is -0.458 e. The Kier molecular flexibility index (Phi) is 3.41. The fourth-order valence-corrected chi connectivity index (χ4v) is 4.45. The van der Waals surface area contributed by atoms with Gasteiger partial charge in [-0.05, 0) is 31.8 Å². The van der Waals surface area contributed by atoms with Crippen molar-refractivity contribution in [3.63, 3.8) is 0 Å². The van der Waals surface area contributed by atoms with Gasteiger partial charge in [-0.25, -0.2) is 9.59 Å². The predicted molar refractivity (Wildman–Crippen MR) is 86.8 cm³/mol. The SMILES string of the molecule is CC1=C[C@H](O/C=C2/C(=O)O[C@H]3[C@@H]2C=C2CCCC(C)(C)[C@]23O)OC1=O. The van der Waals surface area contributed by atoms with Gasteiger partial charge in [0.1, 0.15) is 11.7 Å². The topological polar surface area (TPSA) is 82.1 Å². The van der Waals surface area contributed by atoms with Crippen molar-refractivity contribution in [2.75, 3.05) is 0 Å². The van der Waals surface area contributed by atoms with E-state index in [2.05, 4.69) is 0 Å². The van der Waals surface area contributed by atoms with Gasteiger partial charge in [-0.2, -0.15) is 0 Å². The number of esters is 2. The zero-order valence-electron chi connectivity index (χ0n) is 14.6. The summed E-state index contributed by atoms with van der Waals surface area (Å²) in [5, 5.41) is 11.4. The number of fused-ring (bicyclic) bond motifs is 3. The van der Waals surface area contributed by atoms with Crippen LogP contribution < -0.4 is 0 Å². The number of carbonyl (C=O) groups is 2. The molecule has 1 saturated heterocycles. The molecule has 2 aliphatic heterocycles. The van der Waals surface area contributed by atoms with Crippen molar-refractivity contribution in [3.05, 3.63) is 35.1 Å². The van der Waals surface area contributed by atoms with Gasteiger partial charge in [-0.3, -0.25) is 0 Å². The summed E-state index contributed by atoms with van der Waals surface area (Å²) in [5.74, 6) is -1.27. The predicted octanol–water partition coefficient (Wildman–Crippen LogP) is 2.14. The Hall–Kier alpha value is -2.08. The molecular formula is C19H22O6. The van der Waals surface area contributed by atoms with E-state index >= 15 is 0 Å². The lowest BCUT2D eigenvalue weighted by molar-refractivity contribution is -0.164. The van der Waals surface area contributed by atoms with Gasteiger partial charge in [0.2, 0.25) is 0 Å². The first kappa shape index (κ1) is 16.4. The smallest absolute Gasteiger partial charge is 0.338 e. The third-order valence-electron chi connectivity index (χ3n) is 5.98. The molecule has 0 aromatic heterocycles. The van der Waals surface area contributed by atoms with Gasteiger partial charge in [0, 0.05) is 17.1 Å². The molecule has 2 aliphatic carbocycles. The molecule has 0 unspecified atom stereocenters. The highest BCUT2D eigenvalue weighted by molar-refractivity contribution is 5.93. The van der Waals surface area contributed by atoms with Crippen LogP contribution in [0.2, 0.25) is 0 Å². The van der Waals surface area contributed by atoms with Crippen molar-refractivity contribution >= 4 is 11.9 Å². The fraction of sp³-hybridized carbons (Fsp3) is 0.579. The highest BCUT2D eigenvalue weighted by atomic mass is 16.7. The van der Waals surface area contributed by atoms with Crippen LogP contribution in [-0.2, 0) is 23.8 Å². The number of ether oxygens (including phenoxy) is 3. The zero-order chi connectivity index (χ0) is 18.0. The summed E-state index contributed by atoms with van der Waals surface area (Å²) < 4.78 is 16.0. The van der Waals surface area contributed by atoms with Crippen molar-refractivity contribution in [3.8, 4) is 0 Å². The summed E-state index contributed by atoms with van der Waals surface area (Å²) >= 11 is 0. The van der Waals surface area contributed by atoms with Crippen molar-refractivity contribution in [2.24, 2.45) is 11.3 Å². The van der Waals surface area contributed by atoms with E-state index in [0.717, 1.165) is 24.8 Å². The van der Waals surface area contributed by atoms with Gasteiger partial charge in [-0.15, -0.1) is 0 Å². The van der Waals surface area contributed by atoms with Gasteiger partial charge in [0.25, 0.3) is 6.29 Å². The average Bonchev–Trinajstić information content (AvgIpc) is 3.11. The second-order valence-corrected chi connectivity index (χ2v) is 7.88. The Morgan fingerprint density at radius 3 is 2.68 bits per heavy atom. The van der Waals surface area contributed by atoms with E-state index in [1.807, 2.05) is 19.9 Å². The number of hydrogen-bond donors (Lipinski definition) is 1. The maximum Gasteiger partial charge on any atom is 0.338 e. The van der Waals surface area contributed by atoms with E-state index in [1.165, 1.54) is 6.26 Å². The average molecular weight is 346 g/mol. The Bertz CT molecular complexity index is 743. The lowest BCUT2D eigenvalue weighted by Gasteiger charge is -2.48. The quantitative estimate of drug-likeness (QED) is 0.357. The van der Waals surface area contributed by atoms with Crippen LogP contribution in [0.1, 0.15) is 40.0 Å². The number of cyclic esters (lactones) is 1. The zero-order valence-corrected chi connectivity index (χ0v) is 14.6. The summed E-state index contributed by atoms with van der Waals surface area (Å²) in [6.45, 7) is 5.67. The largest absolute Gasteiger partial charge is 0.458 e. The third-order valence-corrected chi connectivity index (χ3v) is 5.98. The van der Waals surface area contributed by atoms with Gasteiger partial charge in [0.15, 0.2) is 0 Å². The molecule has 25 heavy (non-hydrogen) atoms. The van der Waals surface area contributed by atoms with Gasteiger partial charge < -0.3 is 19.3 Å². The molecule has 1 saturated carbocycles. The Labute approximate surface area is 146 Å². The lowest BCUT2D eigenvalue weighted by Crippen LogP contribution is -2.55. The molecule has 4 rings (SSSR count). The molecule has 0 radical (unpaired) electrons. The highest BCUT2D eigenvalue weighted by Crippen LogP contribution is 2.57. The summed E-state index contributed by atoms with van der Waals surface area (Å²) in [4.78, 5) is 23.7. The normalized spacial score (nSPS) is 40.2. The molecule has 2 heterocycles. The van der Waals surface area contributed by atoms with E-state index in [0.29, 0.717) is 11.1 Å². The molecule has 0 bridgehead atoms. The van der Waals surface area contributed by atoms with Crippen molar-refractivity contribution in [2.45, 2.75) is 58.0 Å². The van der Waals surface area contributed by atoms with Gasteiger partial charge in [-0.1, -0.05) is 19.9 Å². The second-order valence-electron chi connectivity index (χ2n) is 7.88. The molecular weight excluding hydrogens is 324 g/mol. The maximum atomic E-state index is 12.3. The lowest BCUT2D eigenvalue weighted by atomic mass is 9.62. The van der Waals surface area contributed by atoms with E-state index in [4.69, 9.17) is 14.2 Å². The van der Waals surface area contributed by atoms with Crippen LogP contribution in [0.5, 0.6) is 0 Å². The minimum absolute atomic E-state index is 0.341. The molecule has 6 heteroatoms. The van der Waals surface area contributed by atoms with E-state index in [-0.39, 0.29) is 11.3 Å². The van der Waals surface area contributed by atoms with Crippen LogP contribution in [0.25, 0.3) is 0 Å². The molecule has 4 atom stereocenters. The minimum atomic E-state index is -1.14. The molecule has 1 N–H and O–H groups in total. The van der Waals surface area contributed by atoms with Gasteiger partial charge >= 0.3 is 11.9 Å². The van der Waals surface area contributed by atoms with Crippen molar-refractivity contribution < 1.29 is 28.9 Å². The van der Waals surface area contributed by atoms with Crippen LogP contribution >= 0.6 is 0 Å². The highest BCUT2D eigenvalue weighted by Gasteiger charge is 2.64. The first-order valence-corrected chi connectivity index (χ1v) is 8.63. The Morgan fingerprint density at radius 1 is 1.24 bits per heavy atom. The van der Waals surface area contributed by atoms with Crippen LogP contribution in [-0.4, -0.2) is 35.0 Å². The van der Waals surface area contributed by atoms with E-state index in [1.54, 1.807) is 13.0 Å². The summed E-state index contributed by atoms with van der Waals surface area (Å²) in [7, 11) is 0. The summed E-state index contributed by atoms with van der Waals surface area (Å²) in [5.41, 5.74) is 0.261. The summed E-state index contributed by atoms with van der Waals surface area (Å²) in [6.07, 6.45) is 6.05. The van der Waals surface area contributed by atoms with Crippen molar-refractivity contribution in [1.29, 1.82) is 0 Å². The van der Waals surface area contributed by atoms with Crippen molar-refractivity contribution in [1.82, 2.24) is 0 Å². The molecule has 0 aromatic rings.